The van der Waals surface area contributed by atoms with Gasteiger partial charge >= 0.3 is 6.09 Å². The van der Waals surface area contributed by atoms with Gasteiger partial charge in [-0.1, -0.05) is 18.2 Å². The molecule has 0 bridgehead atoms. The Bertz CT molecular complexity index is 683. The number of carbonyl (C=O) groups is 1. The number of hydrogen-bond donors (Lipinski definition) is 3. The van der Waals surface area contributed by atoms with E-state index in [2.05, 4.69) is 10.1 Å². The molecule has 0 aliphatic rings. The minimum Gasteiger partial charge on any atom is -0.495 e. The largest absolute Gasteiger partial charge is 0.495 e. The zero-order valence-corrected chi connectivity index (χ0v) is 11.2. The van der Waals surface area contributed by atoms with Gasteiger partial charge in [-0.25, -0.2) is 4.79 Å². The van der Waals surface area contributed by atoms with Crippen molar-refractivity contribution in [2.24, 2.45) is 5.73 Å². The molecule has 0 unspecified atom stereocenters. The van der Waals surface area contributed by atoms with Crippen molar-refractivity contribution in [2.75, 3.05) is 19.5 Å². The zero-order chi connectivity index (χ0) is 14.7. The van der Waals surface area contributed by atoms with Crippen LogP contribution in [0.5, 0.6) is 5.75 Å². The Morgan fingerprint density at radius 3 is 2.55 bits per heavy atom. The summed E-state index contributed by atoms with van der Waals surface area (Å²) in [4.78, 5) is 11.5. The molecule has 104 valence electrons. The second-order valence-electron chi connectivity index (χ2n) is 4.11. The lowest BCUT2D eigenvalue weighted by Crippen LogP contribution is -2.13. The van der Waals surface area contributed by atoms with Gasteiger partial charge in [0, 0.05) is 10.9 Å². The van der Waals surface area contributed by atoms with Crippen LogP contribution in [0, 0.1) is 5.41 Å². The van der Waals surface area contributed by atoms with Crippen LogP contribution in [0.1, 0.15) is 5.56 Å². The Labute approximate surface area is 116 Å². The molecule has 20 heavy (non-hydrogen) atoms. The third kappa shape index (κ3) is 2.49. The van der Waals surface area contributed by atoms with Crippen molar-refractivity contribution in [2.45, 2.75) is 0 Å². The SMILES string of the molecule is COC(=O)Nc1c(OC)ccc2ccc(C(=N)N)cc12. The van der Waals surface area contributed by atoms with Gasteiger partial charge in [-0.05, 0) is 17.5 Å². The highest BCUT2D eigenvalue weighted by Crippen LogP contribution is 2.33. The van der Waals surface area contributed by atoms with Gasteiger partial charge in [0.1, 0.15) is 11.6 Å². The molecule has 0 aliphatic carbocycles. The molecule has 0 atom stereocenters. The first kappa shape index (κ1) is 13.7. The van der Waals surface area contributed by atoms with Gasteiger partial charge in [-0.3, -0.25) is 10.7 Å². The molecule has 0 aromatic heterocycles. The van der Waals surface area contributed by atoms with Gasteiger partial charge in [-0.15, -0.1) is 0 Å². The number of rotatable bonds is 3. The number of methoxy groups -OCH3 is 2. The van der Waals surface area contributed by atoms with Crippen LogP contribution >= 0.6 is 0 Å². The van der Waals surface area contributed by atoms with E-state index in [4.69, 9.17) is 15.9 Å². The summed E-state index contributed by atoms with van der Waals surface area (Å²) < 4.78 is 9.85. The molecule has 0 spiro atoms. The molecule has 2 aromatic rings. The van der Waals surface area contributed by atoms with Crippen molar-refractivity contribution < 1.29 is 14.3 Å². The average molecular weight is 273 g/mol. The molecule has 0 saturated heterocycles. The Kier molecular flexibility index (Phi) is 3.74. The number of nitrogens with two attached hydrogens (primary N) is 1. The number of nitrogens with one attached hydrogen (secondary N) is 2. The van der Waals surface area contributed by atoms with E-state index in [-0.39, 0.29) is 5.84 Å². The molecular weight excluding hydrogens is 258 g/mol. The first-order valence-corrected chi connectivity index (χ1v) is 5.87. The fourth-order valence-corrected chi connectivity index (χ4v) is 1.92. The third-order valence-corrected chi connectivity index (χ3v) is 2.93. The van der Waals surface area contributed by atoms with Crippen LogP contribution in [0.15, 0.2) is 30.3 Å². The summed E-state index contributed by atoms with van der Waals surface area (Å²) in [5.41, 5.74) is 6.55. The van der Waals surface area contributed by atoms with Crippen LogP contribution in [0.2, 0.25) is 0 Å². The molecule has 6 nitrogen and oxygen atoms in total. The van der Waals surface area contributed by atoms with E-state index in [1.165, 1.54) is 14.2 Å². The summed E-state index contributed by atoms with van der Waals surface area (Å²) in [7, 11) is 2.80. The van der Waals surface area contributed by atoms with Crippen LogP contribution < -0.4 is 15.8 Å². The highest BCUT2D eigenvalue weighted by Gasteiger charge is 2.12. The summed E-state index contributed by atoms with van der Waals surface area (Å²) in [6, 6.07) is 8.92. The minimum absolute atomic E-state index is 0.0428. The quantitative estimate of drug-likeness (QED) is 0.590. The maximum Gasteiger partial charge on any atom is 0.411 e. The molecule has 0 radical (unpaired) electrons. The van der Waals surface area contributed by atoms with Gasteiger partial charge in [-0.2, -0.15) is 0 Å². The first-order valence-electron chi connectivity index (χ1n) is 5.87. The van der Waals surface area contributed by atoms with Crippen LogP contribution in [-0.4, -0.2) is 26.1 Å². The topological polar surface area (TPSA) is 97.4 Å². The minimum atomic E-state index is -0.593. The van der Waals surface area contributed by atoms with E-state index in [0.717, 1.165) is 10.8 Å². The molecule has 2 aromatic carbocycles. The number of ether oxygens (including phenoxy) is 2. The van der Waals surface area contributed by atoms with E-state index in [9.17, 15) is 4.79 Å². The second kappa shape index (κ2) is 5.48. The number of amides is 1. The second-order valence-corrected chi connectivity index (χ2v) is 4.11. The number of anilines is 1. The van der Waals surface area contributed by atoms with Crippen molar-refractivity contribution in [1.82, 2.24) is 0 Å². The summed E-state index contributed by atoms with van der Waals surface area (Å²) in [6.45, 7) is 0. The summed E-state index contributed by atoms with van der Waals surface area (Å²) in [6.07, 6.45) is -0.593. The lowest BCUT2D eigenvalue weighted by Gasteiger charge is -2.13. The number of nitrogen functional groups attached to an aromatic ring is 1. The number of amidine groups is 1. The molecule has 0 aliphatic heterocycles. The van der Waals surface area contributed by atoms with Gasteiger partial charge in [0.15, 0.2) is 0 Å². The molecule has 4 N–H and O–H groups in total. The van der Waals surface area contributed by atoms with Crippen LogP contribution in [-0.2, 0) is 4.74 Å². The van der Waals surface area contributed by atoms with Gasteiger partial charge in [0.25, 0.3) is 0 Å². The van der Waals surface area contributed by atoms with Crippen LogP contribution in [0.25, 0.3) is 10.8 Å². The highest BCUT2D eigenvalue weighted by atomic mass is 16.5. The fraction of sp³-hybridized carbons (Fsp3) is 0.143. The number of hydrogen-bond acceptors (Lipinski definition) is 4. The van der Waals surface area contributed by atoms with Crippen LogP contribution in [0.4, 0.5) is 10.5 Å². The number of carbonyl (C=O) groups excluding carboxylic acids is 1. The van der Waals surface area contributed by atoms with Crippen molar-refractivity contribution in [1.29, 1.82) is 5.41 Å². The summed E-state index contributed by atoms with van der Waals surface area (Å²) in [5.74, 6) is 0.460. The number of benzene rings is 2. The van der Waals surface area contributed by atoms with E-state index in [1.54, 1.807) is 18.2 Å². The molecule has 1 amide bonds. The van der Waals surface area contributed by atoms with E-state index < -0.39 is 6.09 Å². The normalized spacial score (nSPS) is 10.1. The fourth-order valence-electron chi connectivity index (χ4n) is 1.92. The highest BCUT2D eigenvalue weighted by molar-refractivity contribution is 6.06. The third-order valence-electron chi connectivity index (χ3n) is 2.93. The maximum absolute atomic E-state index is 11.5. The predicted octanol–water partition coefficient (Wildman–Crippen LogP) is 2.31. The van der Waals surface area contributed by atoms with E-state index in [1.807, 2.05) is 12.1 Å². The monoisotopic (exact) mass is 273 g/mol. The van der Waals surface area contributed by atoms with Gasteiger partial charge in [0.2, 0.25) is 0 Å². The van der Waals surface area contributed by atoms with Crippen LogP contribution in [0.3, 0.4) is 0 Å². The molecule has 0 fully saturated rings. The Morgan fingerprint density at radius 1 is 1.25 bits per heavy atom. The smallest absolute Gasteiger partial charge is 0.411 e. The standard InChI is InChI=1S/C14H15N3O3/c1-19-11-6-5-8-3-4-9(13(15)16)7-10(8)12(11)17-14(18)20-2/h3-7H,1-2H3,(H3,15,16)(H,17,18). The zero-order valence-electron chi connectivity index (χ0n) is 11.2. The van der Waals surface area contributed by atoms with Crippen molar-refractivity contribution in [3.8, 4) is 5.75 Å². The van der Waals surface area contributed by atoms with Gasteiger partial charge < -0.3 is 15.2 Å². The lowest BCUT2D eigenvalue weighted by atomic mass is 10.0. The van der Waals surface area contributed by atoms with Crippen molar-refractivity contribution in [3.05, 3.63) is 35.9 Å². The predicted molar refractivity (Wildman–Crippen MR) is 77.5 cm³/mol. The maximum atomic E-state index is 11.5. The summed E-state index contributed by atoms with van der Waals surface area (Å²) >= 11 is 0. The molecule has 6 heteroatoms. The molecule has 0 heterocycles. The Balaban J connectivity index is 2.67. The Morgan fingerprint density at radius 2 is 1.95 bits per heavy atom. The van der Waals surface area contributed by atoms with E-state index in [0.29, 0.717) is 17.0 Å². The van der Waals surface area contributed by atoms with Crippen molar-refractivity contribution >= 4 is 28.4 Å². The summed E-state index contributed by atoms with van der Waals surface area (Å²) in [5, 5.41) is 11.7. The molecular formula is C14H15N3O3. The molecule has 0 saturated carbocycles. The lowest BCUT2D eigenvalue weighted by molar-refractivity contribution is 0.187. The van der Waals surface area contributed by atoms with E-state index >= 15 is 0 Å². The van der Waals surface area contributed by atoms with Crippen molar-refractivity contribution in [3.63, 3.8) is 0 Å². The Hall–Kier alpha value is -2.76. The molecule has 2 rings (SSSR count). The average Bonchev–Trinajstić information content (AvgIpc) is 2.46. The van der Waals surface area contributed by atoms with Gasteiger partial charge in [0.05, 0.1) is 19.9 Å². The number of fused-ring (bicyclic) bond motifs is 1. The first-order chi connectivity index (χ1) is 9.56.